The second kappa shape index (κ2) is 9.51. The van der Waals surface area contributed by atoms with Crippen LogP contribution in [0.4, 0.5) is 0 Å². The molecular formula is C25H31BrN4O. The van der Waals surface area contributed by atoms with Gasteiger partial charge in [0.2, 0.25) is 0 Å². The van der Waals surface area contributed by atoms with E-state index < -0.39 is 0 Å². The van der Waals surface area contributed by atoms with E-state index in [4.69, 9.17) is 4.98 Å². The van der Waals surface area contributed by atoms with Crippen molar-refractivity contribution in [1.29, 1.82) is 0 Å². The number of benzene rings is 1. The molecule has 1 fully saturated rings. The van der Waals surface area contributed by atoms with Gasteiger partial charge < -0.3 is 9.47 Å². The first-order valence-corrected chi connectivity index (χ1v) is 12.1. The Kier molecular flexibility index (Phi) is 6.75. The Labute approximate surface area is 193 Å². The molecule has 0 spiro atoms. The van der Waals surface area contributed by atoms with E-state index in [-0.39, 0.29) is 5.91 Å². The number of hydrogen-bond acceptors (Lipinski definition) is 3. The highest BCUT2D eigenvalue weighted by atomic mass is 79.9. The van der Waals surface area contributed by atoms with Gasteiger partial charge >= 0.3 is 0 Å². The average molecular weight is 483 g/mol. The van der Waals surface area contributed by atoms with Crippen molar-refractivity contribution >= 4 is 33.0 Å². The molecule has 2 aromatic heterocycles. The van der Waals surface area contributed by atoms with Crippen LogP contribution in [0.2, 0.25) is 0 Å². The third kappa shape index (κ3) is 4.84. The maximum Gasteiger partial charge on any atom is 0.254 e. The lowest BCUT2D eigenvalue weighted by Crippen LogP contribution is -2.33. The van der Waals surface area contributed by atoms with Crippen LogP contribution in [0.1, 0.15) is 73.7 Å². The molecule has 0 saturated heterocycles. The summed E-state index contributed by atoms with van der Waals surface area (Å²) in [6.45, 7) is 7.64. The third-order valence-electron chi connectivity index (χ3n) is 6.23. The molecule has 0 N–H and O–H groups in total. The zero-order valence-electron chi connectivity index (χ0n) is 18.6. The van der Waals surface area contributed by atoms with Crippen LogP contribution >= 0.6 is 15.9 Å². The number of hydrogen-bond donors (Lipinski definition) is 0. The Morgan fingerprint density at radius 3 is 2.74 bits per heavy atom. The van der Waals surface area contributed by atoms with Crippen LogP contribution in [0, 0.1) is 12.8 Å². The van der Waals surface area contributed by atoms with Crippen molar-refractivity contribution in [2.75, 3.05) is 6.54 Å². The molecule has 0 atom stereocenters. The van der Waals surface area contributed by atoms with Gasteiger partial charge in [-0.25, -0.2) is 9.97 Å². The van der Waals surface area contributed by atoms with Crippen LogP contribution in [0.15, 0.2) is 41.0 Å². The number of fused-ring (bicyclic) bond motifs is 1. The Hall–Kier alpha value is -2.21. The summed E-state index contributed by atoms with van der Waals surface area (Å²) in [5.41, 5.74) is 3.69. The van der Waals surface area contributed by atoms with Gasteiger partial charge in [-0.15, -0.1) is 0 Å². The molecule has 1 amide bonds. The number of amides is 1. The molecule has 1 aromatic carbocycles. The largest absolute Gasteiger partial charge is 0.331 e. The second-order valence-electron chi connectivity index (χ2n) is 9.06. The number of imidazole rings is 1. The minimum atomic E-state index is 0.0549. The topological polar surface area (TPSA) is 51.0 Å². The molecule has 3 aromatic rings. The van der Waals surface area contributed by atoms with Crippen molar-refractivity contribution < 1.29 is 4.79 Å². The summed E-state index contributed by atoms with van der Waals surface area (Å²) in [6.07, 6.45) is 7.58. The molecule has 0 radical (unpaired) electrons. The lowest BCUT2D eigenvalue weighted by Gasteiger charge is -2.25. The van der Waals surface area contributed by atoms with Crippen LogP contribution in [0.3, 0.4) is 0 Å². The number of pyridine rings is 1. The second-order valence-corrected chi connectivity index (χ2v) is 9.91. The highest BCUT2D eigenvalue weighted by Crippen LogP contribution is 2.33. The van der Waals surface area contributed by atoms with Gasteiger partial charge in [0.25, 0.3) is 5.91 Å². The third-order valence-corrected chi connectivity index (χ3v) is 7.08. The lowest BCUT2D eigenvalue weighted by atomic mass is 10.1. The first kappa shape index (κ1) is 22.0. The highest BCUT2D eigenvalue weighted by Gasteiger charge is 2.26. The summed E-state index contributed by atoms with van der Waals surface area (Å²) >= 11 is 3.58. The Morgan fingerprint density at radius 2 is 2.03 bits per heavy atom. The van der Waals surface area contributed by atoms with E-state index in [9.17, 15) is 4.79 Å². The van der Waals surface area contributed by atoms with Crippen molar-refractivity contribution in [1.82, 2.24) is 19.4 Å². The molecule has 1 saturated carbocycles. The summed E-state index contributed by atoms with van der Waals surface area (Å²) in [5, 5.41) is 0. The molecule has 1 aliphatic carbocycles. The number of aromatic nitrogens is 3. The zero-order chi connectivity index (χ0) is 22.0. The van der Waals surface area contributed by atoms with E-state index >= 15 is 0 Å². The zero-order valence-corrected chi connectivity index (χ0v) is 20.2. The van der Waals surface area contributed by atoms with Gasteiger partial charge in [-0.1, -0.05) is 48.7 Å². The maximum absolute atomic E-state index is 13.5. The fourth-order valence-corrected chi connectivity index (χ4v) is 4.76. The molecule has 2 heterocycles. The van der Waals surface area contributed by atoms with Crippen molar-refractivity contribution in [3.05, 3.63) is 58.0 Å². The van der Waals surface area contributed by atoms with Crippen molar-refractivity contribution in [3.8, 4) is 0 Å². The van der Waals surface area contributed by atoms with Crippen LogP contribution in [-0.2, 0) is 6.54 Å². The number of halogens is 1. The highest BCUT2D eigenvalue weighted by molar-refractivity contribution is 9.10. The van der Waals surface area contributed by atoms with Gasteiger partial charge in [0.1, 0.15) is 11.3 Å². The molecule has 31 heavy (non-hydrogen) atoms. The van der Waals surface area contributed by atoms with E-state index in [0.29, 0.717) is 30.6 Å². The summed E-state index contributed by atoms with van der Waals surface area (Å²) in [7, 11) is 0. The number of rotatable bonds is 7. The fourth-order valence-electron chi connectivity index (χ4n) is 4.38. The average Bonchev–Trinajstić information content (AvgIpc) is 3.39. The number of nitrogens with zero attached hydrogens (tertiary/aromatic N) is 4. The molecule has 0 bridgehead atoms. The Bertz CT molecular complexity index is 1070. The molecule has 0 aliphatic heterocycles. The molecule has 0 unspecified atom stereocenters. The van der Waals surface area contributed by atoms with Gasteiger partial charge in [0, 0.05) is 28.8 Å². The maximum atomic E-state index is 13.5. The van der Waals surface area contributed by atoms with Gasteiger partial charge in [-0.2, -0.15) is 0 Å². The van der Waals surface area contributed by atoms with Crippen LogP contribution in [0.5, 0.6) is 0 Å². The molecule has 1 aliphatic rings. The normalized spacial score (nSPS) is 14.6. The van der Waals surface area contributed by atoms with E-state index in [1.165, 1.54) is 12.8 Å². The first-order valence-electron chi connectivity index (χ1n) is 11.3. The minimum absolute atomic E-state index is 0.0549. The van der Waals surface area contributed by atoms with Crippen molar-refractivity contribution in [2.45, 2.75) is 65.5 Å². The summed E-state index contributed by atoms with van der Waals surface area (Å²) < 4.78 is 3.27. The van der Waals surface area contributed by atoms with Crippen molar-refractivity contribution in [2.24, 2.45) is 5.92 Å². The van der Waals surface area contributed by atoms with E-state index in [0.717, 1.165) is 46.3 Å². The summed E-state index contributed by atoms with van der Waals surface area (Å²) in [5.74, 6) is 1.53. The first-order chi connectivity index (χ1) is 14.9. The van der Waals surface area contributed by atoms with E-state index in [2.05, 4.69) is 39.3 Å². The number of aryl methyl sites for hydroxylation is 1. The van der Waals surface area contributed by atoms with Gasteiger partial charge in [-0.05, 0) is 61.9 Å². The van der Waals surface area contributed by atoms with Crippen LogP contribution < -0.4 is 0 Å². The molecular weight excluding hydrogens is 452 g/mol. The van der Waals surface area contributed by atoms with Crippen LogP contribution in [-0.4, -0.2) is 31.9 Å². The molecule has 5 nitrogen and oxygen atoms in total. The fraction of sp³-hybridized carbons (Fsp3) is 0.480. The van der Waals surface area contributed by atoms with Gasteiger partial charge in [0.15, 0.2) is 5.65 Å². The van der Waals surface area contributed by atoms with Crippen LogP contribution in [0.25, 0.3) is 11.2 Å². The van der Waals surface area contributed by atoms with E-state index in [1.54, 1.807) is 0 Å². The quantitative estimate of drug-likeness (QED) is 0.396. The summed E-state index contributed by atoms with van der Waals surface area (Å²) in [4.78, 5) is 25.1. The number of carbonyl (C=O) groups excluding carboxylic acids is 1. The Morgan fingerprint density at radius 1 is 1.26 bits per heavy atom. The van der Waals surface area contributed by atoms with E-state index in [1.807, 2.05) is 48.4 Å². The Balaban J connectivity index is 1.69. The van der Waals surface area contributed by atoms with Gasteiger partial charge in [-0.3, -0.25) is 4.79 Å². The predicted octanol–water partition coefficient (Wildman–Crippen LogP) is 6.31. The van der Waals surface area contributed by atoms with Gasteiger partial charge in [0.05, 0.1) is 6.54 Å². The standard InChI is InChI=1S/C25H31BrN4O/c1-17(2)12-14-29(25(31)19-11-10-18(3)21(26)15-19)16-23-28-22-9-6-13-27-24(22)30(23)20-7-4-5-8-20/h6,9-11,13,15,17,20H,4-5,7-8,12,14,16H2,1-3H3. The minimum Gasteiger partial charge on any atom is -0.331 e. The SMILES string of the molecule is Cc1ccc(C(=O)N(CCC(C)C)Cc2nc3cccnc3n2C2CCCC2)cc1Br. The number of carbonyl (C=O) groups is 1. The van der Waals surface area contributed by atoms with Crippen molar-refractivity contribution in [3.63, 3.8) is 0 Å². The molecule has 164 valence electrons. The monoisotopic (exact) mass is 482 g/mol. The lowest BCUT2D eigenvalue weighted by molar-refractivity contribution is 0.0728. The molecule has 6 heteroatoms. The summed E-state index contributed by atoms with van der Waals surface area (Å²) in [6, 6.07) is 10.2. The molecule has 4 rings (SSSR count). The smallest absolute Gasteiger partial charge is 0.254 e. The predicted molar refractivity (Wildman–Crippen MR) is 128 cm³/mol.